The molecular weight excluding hydrogens is 354 g/mol. The molecule has 6 nitrogen and oxygen atoms in total. The van der Waals surface area contributed by atoms with E-state index < -0.39 is 0 Å². The Kier molecular flexibility index (Phi) is 5.01. The highest BCUT2D eigenvalue weighted by Crippen LogP contribution is 2.26. The lowest BCUT2D eigenvalue weighted by Crippen LogP contribution is -2.18. The molecule has 2 amide bonds. The van der Waals surface area contributed by atoms with E-state index >= 15 is 0 Å². The van der Waals surface area contributed by atoms with Crippen LogP contribution in [0, 0.1) is 0 Å². The van der Waals surface area contributed by atoms with Crippen molar-refractivity contribution in [1.82, 2.24) is 10.3 Å². The van der Waals surface area contributed by atoms with Gasteiger partial charge in [-0.05, 0) is 48.4 Å². The van der Waals surface area contributed by atoms with Gasteiger partial charge in [-0.1, -0.05) is 24.3 Å². The Hall–Kier alpha value is -3.67. The van der Waals surface area contributed by atoms with Crippen LogP contribution in [0.5, 0.6) is 11.6 Å². The highest BCUT2D eigenvalue weighted by atomic mass is 16.5. The molecule has 0 spiro atoms. The molecular formula is C22H19N3O3. The molecule has 4 rings (SSSR count). The van der Waals surface area contributed by atoms with Crippen LogP contribution in [0.2, 0.25) is 0 Å². The molecule has 1 atom stereocenters. The maximum absolute atomic E-state index is 12.7. The number of nitrogens with zero attached hydrogens (tertiary/aromatic N) is 1. The van der Waals surface area contributed by atoms with E-state index in [1.807, 2.05) is 36.4 Å². The number of benzene rings is 2. The number of carbonyl (C=O) groups excluding carboxylic acids is 2. The van der Waals surface area contributed by atoms with Gasteiger partial charge in [-0.25, -0.2) is 4.98 Å². The van der Waals surface area contributed by atoms with E-state index in [1.54, 1.807) is 36.5 Å². The van der Waals surface area contributed by atoms with Crippen molar-refractivity contribution >= 4 is 17.5 Å². The molecule has 0 bridgehead atoms. The fourth-order valence-corrected chi connectivity index (χ4v) is 3.13. The third-order valence-corrected chi connectivity index (χ3v) is 4.50. The average Bonchev–Trinajstić information content (AvgIpc) is 3.16. The summed E-state index contributed by atoms with van der Waals surface area (Å²) in [6, 6.07) is 19.9. The topological polar surface area (TPSA) is 80.3 Å². The molecule has 2 N–H and O–H groups in total. The van der Waals surface area contributed by atoms with E-state index in [9.17, 15) is 9.59 Å². The van der Waals surface area contributed by atoms with E-state index in [0.29, 0.717) is 29.3 Å². The number of rotatable bonds is 5. The molecule has 28 heavy (non-hydrogen) atoms. The van der Waals surface area contributed by atoms with E-state index in [4.69, 9.17) is 4.74 Å². The van der Waals surface area contributed by atoms with Crippen molar-refractivity contribution in [2.24, 2.45) is 0 Å². The molecule has 2 heterocycles. The summed E-state index contributed by atoms with van der Waals surface area (Å²) in [5.74, 6) is 0.823. The van der Waals surface area contributed by atoms with Gasteiger partial charge < -0.3 is 15.4 Å². The SMILES string of the molecule is O=C1CCC(c2cccc(NC(=O)c3cccc(Oc4ccccn4)c3)c2)N1. The Morgan fingerprint density at radius 3 is 2.75 bits per heavy atom. The highest BCUT2D eigenvalue weighted by Gasteiger charge is 2.22. The number of amides is 2. The zero-order valence-corrected chi connectivity index (χ0v) is 15.1. The fraction of sp³-hybridized carbons (Fsp3) is 0.136. The number of aromatic nitrogens is 1. The fourth-order valence-electron chi connectivity index (χ4n) is 3.13. The average molecular weight is 373 g/mol. The van der Waals surface area contributed by atoms with Crippen molar-refractivity contribution in [2.45, 2.75) is 18.9 Å². The van der Waals surface area contributed by atoms with Crippen LogP contribution in [-0.2, 0) is 4.79 Å². The zero-order chi connectivity index (χ0) is 19.3. The summed E-state index contributed by atoms with van der Waals surface area (Å²) in [7, 11) is 0. The summed E-state index contributed by atoms with van der Waals surface area (Å²) in [6.45, 7) is 0. The predicted octanol–water partition coefficient (Wildman–Crippen LogP) is 4.08. The predicted molar refractivity (Wildman–Crippen MR) is 105 cm³/mol. The van der Waals surface area contributed by atoms with Crippen LogP contribution in [0.15, 0.2) is 72.9 Å². The van der Waals surface area contributed by atoms with Crippen LogP contribution in [0.3, 0.4) is 0 Å². The summed E-state index contributed by atoms with van der Waals surface area (Å²) < 4.78 is 5.68. The summed E-state index contributed by atoms with van der Waals surface area (Å²) in [5, 5.41) is 5.84. The Labute approximate surface area is 162 Å². The van der Waals surface area contributed by atoms with Crippen LogP contribution < -0.4 is 15.4 Å². The highest BCUT2D eigenvalue weighted by molar-refractivity contribution is 6.04. The summed E-state index contributed by atoms with van der Waals surface area (Å²) in [4.78, 5) is 28.2. The van der Waals surface area contributed by atoms with Crippen molar-refractivity contribution < 1.29 is 14.3 Å². The van der Waals surface area contributed by atoms with Gasteiger partial charge >= 0.3 is 0 Å². The standard InChI is InChI=1S/C22H19N3O3/c26-20-11-10-19(25-20)15-5-3-7-17(13-15)24-22(27)16-6-4-8-18(14-16)28-21-9-1-2-12-23-21/h1-9,12-14,19H,10-11H2,(H,24,27)(H,25,26). The zero-order valence-electron chi connectivity index (χ0n) is 15.1. The third-order valence-electron chi connectivity index (χ3n) is 4.50. The Bertz CT molecular complexity index is 1000. The van der Waals surface area contributed by atoms with Gasteiger partial charge in [0.05, 0.1) is 6.04 Å². The first-order valence-corrected chi connectivity index (χ1v) is 9.07. The van der Waals surface area contributed by atoms with Crippen LogP contribution >= 0.6 is 0 Å². The van der Waals surface area contributed by atoms with Gasteiger partial charge in [0.2, 0.25) is 11.8 Å². The largest absolute Gasteiger partial charge is 0.439 e. The molecule has 3 aromatic rings. The van der Waals surface area contributed by atoms with E-state index in [-0.39, 0.29) is 17.9 Å². The van der Waals surface area contributed by atoms with E-state index in [2.05, 4.69) is 15.6 Å². The Balaban J connectivity index is 1.46. The lowest BCUT2D eigenvalue weighted by Gasteiger charge is -2.13. The minimum absolute atomic E-state index is 0.000507. The molecule has 1 aromatic heterocycles. The minimum Gasteiger partial charge on any atom is -0.439 e. The lowest BCUT2D eigenvalue weighted by atomic mass is 10.0. The second kappa shape index (κ2) is 7.92. The molecule has 0 saturated carbocycles. The van der Waals surface area contributed by atoms with Crippen LogP contribution in [0.25, 0.3) is 0 Å². The minimum atomic E-state index is -0.237. The van der Waals surface area contributed by atoms with Crippen LogP contribution in [-0.4, -0.2) is 16.8 Å². The van der Waals surface area contributed by atoms with Crippen molar-refractivity contribution in [3.05, 3.63) is 84.1 Å². The first kappa shape index (κ1) is 17.7. The number of hydrogen-bond donors (Lipinski definition) is 2. The molecule has 0 radical (unpaired) electrons. The second-order valence-electron chi connectivity index (χ2n) is 6.54. The maximum atomic E-state index is 12.7. The van der Waals surface area contributed by atoms with Gasteiger partial charge in [-0.3, -0.25) is 9.59 Å². The van der Waals surface area contributed by atoms with E-state index in [0.717, 1.165) is 12.0 Å². The summed E-state index contributed by atoms with van der Waals surface area (Å²) in [6.07, 6.45) is 2.94. The van der Waals surface area contributed by atoms with Gasteiger partial charge in [-0.2, -0.15) is 0 Å². The molecule has 1 fully saturated rings. The van der Waals surface area contributed by atoms with Crippen LogP contribution in [0.1, 0.15) is 34.8 Å². The first-order chi connectivity index (χ1) is 13.7. The molecule has 0 aliphatic carbocycles. The monoisotopic (exact) mass is 373 g/mol. The number of anilines is 1. The molecule has 1 unspecified atom stereocenters. The lowest BCUT2D eigenvalue weighted by molar-refractivity contribution is -0.119. The molecule has 1 saturated heterocycles. The molecule has 1 aliphatic heterocycles. The molecule has 140 valence electrons. The smallest absolute Gasteiger partial charge is 0.255 e. The number of pyridine rings is 1. The second-order valence-corrected chi connectivity index (χ2v) is 6.54. The van der Waals surface area contributed by atoms with Gasteiger partial charge in [0.25, 0.3) is 5.91 Å². The van der Waals surface area contributed by atoms with Crippen molar-refractivity contribution in [3.8, 4) is 11.6 Å². The van der Waals surface area contributed by atoms with Crippen molar-refractivity contribution in [2.75, 3.05) is 5.32 Å². The van der Waals surface area contributed by atoms with Crippen LogP contribution in [0.4, 0.5) is 5.69 Å². The van der Waals surface area contributed by atoms with Gasteiger partial charge in [-0.15, -0.1) is 0 Å². The number of nitrogens with one attached hydrogen (secondary N) is 2. The molecule has 6 heteroatoms. The third kappa shape index (κ3) is 4.17. The molecule has 2 aromatic carbocycles. The normalized spacial score (nSPS) is 15.7. The van der Waals surface area contributed by atoms with Gasteiger partial charge in [0, 0.05) is 29.9 Å². The first-order valence-electron chi connectivity index (χ1n) is 9.07. The number of hydrogen-bond acceptors (Lipinski definition) is 4. The van der Waals surface area contributed by atoms with Gasteiger partial charge in [0.15, 0.2) is 0 Å². The van der Waals surface area contributed by atoms with Gasteiger partial charge in [0.1, 0.15) is 5.75 Å². The Morgan fingerprint density at radius 2 is 1.96 bits per heavy atom. The van der Waals surface area contributed by atoms with Crippen molar-refractivity contribution in [3.63, 3.8) is 0 Å². The maximum Gasteiger partial charge on any atom is 0.255 e. The van der Waals surface area contributed by atoms with Crippen molar-refractivity contribution in [1.29, 1.82) is 0 Å². The molecule has 1 aliphatic rings. The Morgan fingerprint density at radius 1 is 1.07 bits per heavy atom. The summed E-state index contributed by atoms with van der Waals surface area (Å²) >= 11 is 0. The number of ether oxygens (including phenoxy) is 1. The summed E-state index contributed by atoms with van der Waals surface area (Å²) in [5.41, 5.74) is 2.14. The quantitative estimate of drug-likeness (QED) is 0.706. The van der Waals surface area contributed by atoms with E-state index in [1.165, 1.54) is 0 Å². The number of carbonyl (C=O) groups is 2.